The lowest BCUT2D eigenvalue weighted by atomic mass is 9.86. The molecule has 39 nitrogen and oxygen atoms in total. The van der Waals surface area contributed by atoms with Crippen molar-refractivity contribution in [1.82, 2.24) is 42.1 Å². The highest BCUT2D eigenvalue weighted by molar-refractivity contribution is 8.14. The van der Waals surface area contributed by atoms with Crippen molar-refractivity contribution in [2.24, 2.45) is 58.8 Å². The van der Waals surface area contributed by atoms with E-state index in [1.54, 1.807) is 57.4 Å². The number of ketones is 8. The number of carbonyl (C=O) groups is 21. The molecule has 0 aromatic heterocycles. The monoisotopic (exact) mass is 1860 g/mol. The zero-order chi connectivity index (χ0) is 96.0. The predicted octanol–water partition coefficient (Wildman–Crippen LogP) is 0.782. The smallest absolute Gasteiger partial charge is 0.304 e. The van der Waals surface area contributed by atoms with Crippen LogP contribution in [0.4, 0.5) is 4.79 Å². The van der Waals surface area contributed by atoms with E-state index in [2.05, 4.69) is 37.2 Å². The van der Waals surface area contributed by atoms with Crippen molar-refractivity contribution in [2.75, 3.05) is 62.1 Å². The minimum Gasteiger partial charge on any atom is -0.508 e. The molecule has 0 aliphatic carbocycles. The number of carboxylic acids is 3. The van der Waals surface area contributed by atoms with Crippen molar-refractivity contribution in [1.29, 1.82) is 0 Å². The summed E-state index contributed by atoms with van der Waals surface area (Å²) in [7, 11) is 0. The van der Waals surface area contributed by atoms with Gasteiger partial charge in [-0.3, -0.25) is 106 Å². The number of aliphatic carboxylic acids is 3. The van der Waals surface area contributed by atoms with Crippen LogP contribution in [0.5, 0.6) is 5.75 Å². The number of carbonyl (C=O) groups excluding carboxylic acids is 18. The number of aliphatic hydroxyl groups is 4. The van der Waals surface area contributed by atoms with Crippen LogP contribution in [0.3, 0.4) is 0 Å². The molecule has 0 spiro atoms. The Morgan fingerprint density at radius 1 is 0.484 bits per heavy atom. The summed E-state index contributed by atoms with van der Waals surface area (Å²) in [5, 5.41) is 99.8. The third-order valence-electron chi connectivity index (χ3n) is 21.6. The number of aromatic hydroxyl groups is 1. The number of carboxylic acid groups (broad SMARTS) is 3. The van der Waals surface area contributed by atoms with Gasteiger partial charge < -0.3 is 89.5 Å². The Hall–Kier alpha value is -10.2. The Labute approximate surface area is 754 Å². The van der Waals surface area contributed by atoms with E-state index in [4.69, 9.17) is 11.5 Å². The van der Waals surface area contributed by atoms with E-state index in [9.17, 15) is 142 Å². The van der Waals surface area contributed by atoms with Gasteiger partial charge in [-0.1, -0.05) is 80.9 Å². The third kappa shape index (κ3) is 41.9. The van der Waals surface area contributed by atoms with Crippen molar-refractivity contribution < 1.29 is 142 Å². The van der Waals surface area contributed by atoms with Crippen LogP contribution in [0.2, 0.25) is 0 Å². The molecule has 710 valence electrons. The molecular weight excluding hydrogens is 1730 g/mol. The number of hydrogen-bond acceptors (Lipinski definition) is 30. The molecule has 10 amide bonds. The van der Waals surface area contributed by atoms with Gasteiger partial charge in [-0.05, 0) is 120 Å². The lowest BCUT2D eigenvalue weighted by Crippen LogP contribution is -2.52. The molecule has 42 heteroatoms. The average molecular weight is 1860 g/mol. The Morgan fingerprint density at radius 2 is 0.977 bits per heavy atom. The summed E-state index contributed by atoms with van der Waals surface area (Å²) in [6, 6.07) is 4.56. The SMILES string of the molecule is CC[C@H](C)[C@H](NC(=O)[C@H](CO)CC(=O)[C@H](Cc1ccc(O)cc1)NC(=O)[C@H](CC(=O)O)CC(=O)[C@H](CO)NC(=O)[C@@H](CC(=O)[C@H](Cc1ccccc1)NC(=O)[C@@H](CC(=O)CNC(=O)[C@H](CCC(=O)O)CC(=O)CSCC(=O)CCCN1C(=O)CSC1=O)[C@@H](C)O)[C@@H](C)O)C(=O)C[C@@H](CCC(N)=O)C(=O)N[C@@H](CCSC)C(=O)C[C@@H](CC(=O)O)C(=O)N[C@H](C)CCCCN. The number of nitrogens with one attached hydrogen (secondary N) is 7. The maximum atomic E-state index is 14.6. The van der Waals surface area contributed by atoms with Gasteiger partial charge in [-0.25, -0.2) is 0 Å². The molecule has 1 saturated heterocycles. The molecule has 0 unspecified atom stereocenters. The molecule has 0 bridgehead atoms. The van der Waals surface area contributed by atoms with Gasteiger partial charge in [0.25, 0.3) is 5.24 Å². The number of Topliss-reactive ketones (excluding diaryl/α,β-unsaturated/α-hetero) is 8. The first-order valence-electron chi connectivity index (χ1n) is 42.3. The number of aliphatic hydroxyl groups excluding tert-OH is 4. The van der Waals surface area contributed by atoms with E-state index in [1.807, 2.05) is 0 Å². The first-order chi connectivity index (χ1) is 60.4. The summed E-state index contributed by atoms with van der Waals surface area (Å²) in [6.45, 7) is 4.52. The van der Waals surface area contributed by atoms with Gasteiger partial charge in [0.15, 0.2) is 34.7 Å². The first-order valence-corrected chi connectivity index (χ1v) is 45.9. The molecule has 2 aromatic rings. The molecule has 1 aliphatic rings. The summed E-state index contributed by atoms with van der Waals surface area (Å²) in [4.78, 5) is 283. The van der Waals surface area contributed by atoms with Crippen LogP contribution < -0.4 is 48.7 Å². The number of amides is 10. The van der Waals surface area contributed by atoms with Crippen LogP contribution in [0.15, 0.2) is 54.6 Å². The Kier molecular flexibility index (Phi) is 51.6. The maximum Gasteiger partial charge on any atom is 0.304 e. The highest BCUT2D eigenvalue weighted by Crippen LogP contribution is 2.26. The van der Waals surface area contributed by atoms with E-state index in [0.29, 0.717) is 31.4 Å². The van der Waals surface area contributed by atoms with Crippen LogP contribution in [0.1, 0.15) is 174 Å². The average Bonchev–Trinajstić information content (AvgIpc) is 1.10. The van der Waals surface area contributed by atoms with Crippen molar-refractivity contribution in [3.05, 3.63) is 65.7 Å². The molecule has 0 saturated carbocycles. The highest BCUT2D eigenvalue weighted by atomic mass is 32.2. The van der Waals surface area contributed by atoms with Gasteiger partial charge in [-0.15, -0.1) is 11.8 Å². The van der Waals surface area contributed by atoms with Gasteiger partial charge in [0.2, 0.25) is 53.2 Å². The van der Waals surface area contributed by atoms with Gasteiger partial charge in [-0.2, -0.15) is 11.8 Å². The summed E-state index contributed by atoms with van der Waals surface area (Å²) >= 11 is 3.09. The van der Waals surface area contributed by atoms with Crippen LogP contribution in [-0.4, -0.2) is 279 Å². The number of phenolic OH excluding ortho intramolecular Hbond substituents is 1. The zero-order valence-electron chi connectivity index (χ0n) is 72.8. The molecule has 128 heavy (non-hydrogen) atoms. The summed E-state index contributed by atoms with van der Waals surface area (Å²) in [6.07, 6.45) is -9.18. The van der Waals surface area contributed by atoms with E-state index in [1.165, 1.54) is 36.0 Å². The minimum atomic E-state index is -2.00. The summed E-state index contributed by atoms with van der Waals surface area (Å²) in [5.74, 6) is -31.3. The van der Waals surface area contributed by atoms with Crippen molar-refractivity contribution >= 4 is 158 Å². The van der Waals surface area contributed by atoms with Crippen molar-refractivity contribution in [2.45, 2.75) is 224 Å². The fourth-order valence-electron chi connectivity index (χ4n) is 13.9. The number of benzene rings is 2. The summed E-state index contributed by atoms with van der Waals surface area (Å²) < 4.78 is 0. The molecule has 19 N–H and O–H groups in total. The number of primary amides is 1. The Balaban J connectivity index is 1.84. The van der Waals surface area contributed by atoms with Gasteiger partial charge >= 0.3 is 17.9 Å². The van der Waals surface area contributed by atoms with Crippen LogP contribution in [0.25, 0.3) is 0 Å². The molecule has 3 rings (SSSR count). The zero-order valence-corrected chi connectivity index (χ0v) is 75.3. The predicted molar refractivity (Wildman–Crippen MR) is 468 cm³/mol. The third-order valence-corrected chi connectivity index (χ3v) is 24.2. The number of nitrogens with two attached hydrogens (primary N) is 2. The Morgan fingerprint density at radius 3 is 1.51 bits per heavy atom. The van der Waals surface area contributed by atoms with E-state index >= 15 is 0 Å². The number of thioether (sulfide) groups is 3. The number of hydrogen-bond donors (Lipinski definition) is 17. The second-order valence-corrected chi connectivity index (χ2v) is 35.0. The Bertz CT molecular complexity index is 4140. The number of rotatable bonds is 69. The molecule has 0 radical (unpaired) electrons. The van der Waals surface area contributed by atoms with Crippen molar-refractivity contribution in [3.63, 3.8) is 0 Å². The number of unbranched alkanes of at least 4 members (excludes halogenated alkanes) is 1. The van der Waals surface area contributed by atoms with E-state index in [-0.39, 0.29) is 97.5 Å². The van der Waals surface area contributed by atoms with Crippen LogP contribution >= 0.6 is 35.3 Å². The molecule has 1 heterocycles. The second-order valence-electron chi connectivity index (χ2n) is 32.1. The normalized spacial score (nSPS) is 15.7. The maximum absolute atomic E-state index is 14.6. The number of phenols is 1. The van der Waals surface area contributed by atoms with E-state index in [0.717, 1.165) is 42.3 Å². The number of nitrogens with zero attached hydrogens (tertiary/aromatic N) is 1. The first kappa shape index (κ1) is 112. The number of imide groups is 1. The van der Waals surface area contributed by atoms with Gasteiger partial charge in [0.05, 0.1) is 116 Å². The molecule has 1 fully saturated rings. The molecule has 16 atom stereocenters. The van der Waals surface area contributed by atoms with Crippen molar-refractivity contribution in [3.8, 4) is 5.75 Å². The highest BCUT2D eigenvalue weighted by Gasteiger charge is 2.41. The largest absolute Gasteiger partial charge is 0.508 e. The molecule has 1 aliphatic heterocycles. The van der Waals surface area contributed by atoms with Gasteiger partial charge in [0, 0.05) is 88.6 Å². The lowest BCUT2D eigenvalue weighted by Gasteiger charge is -2.28. The fraction of sp³-hybridized carbons (Fsp3) is 0.616. The minimum absolute atomic E-state index is 0.00658. The summed E-state index contributed by atoms with van der Waals surface area (Å²) in [5.41, 5.74) is 11.8. The quantitative estimate of drug-likeness (QED) is 0.0407. The molecule has 2 aromatic carbocycles. The van der Waals surface area contributed by atoms with E-state index < -0.39 is 303 Å². The van der Waals surface area contributed by atoms with Crippen LogP contribution in [-0.2, 0) is 109 Å². The van der Waals surface area contributed by atoms with Gasteiger partial charge in [0.1, 0.15) is 23.4 Å². The standard InChI is InChI=1S/C86H124N10O29S3/c1-7-47(2)78(72(109)33-54(20-24-73(88)110)80(119)91-64(26-29-126-6)68(105)34-55(37-76(114)115)81(120)90-48(3)14-11-12-27-87)95-83(122)57(42-97)36-69(106)65(31-52-18-22-58(101)23-19-52)92-82(121)56(38-77(116)117)35-70(107)67(43-98)94-85(124)63(50(5)100)40-71(108)66(30-51-15-9-8-10-16-51)93-84(123)62(49(4)99)39-60(103)41-89-79(118)53(21-25-75(112)113)32-61(104)45-127-44-59(102)17-13-28-96-74(111)46-128-86(96)125/h8-10,15-16,18-19,22-23,47-50,53-57,62-67,78,97-101H,7,11-14,17,20-21,24-46,87H2,1-6H3,(H2,88,110)(H,89,118)(H,90,120)(H,91,119)(H,92,121)(H,93,123)(H,94,124)(H,95,122)(H,112,113)(H,114,115)(H,116,117)/t47-,48+,49+,50+,53+,54+,55-,56-,57-,62-,63-,64-,65-,66-,67-,78-/m0/s1. The lowest BCUT2D eigenvalue weighted by molar-refractivity contribution is -0.143. The fourth-order valence-corrected chi connectivity index (χ4v) is 15.9. The van der Waals surface area contributed by atoms with Crippen LogP contribution in [0, 0.1) is 47.3 Å². The second kappa shape index (κ2) is 59.1. The molecular formula is C86H124N10O29S3. The topological polar surface area (TPSA) is 660 Å².